The van der Waals surface area contributed by atoms with Crippen molar-refractivity contribution in [3.8, 4) is 0 Å². The van der Waals surface area contributed by atoms with Crippen molar-refractivity contribution in [2.45, 2.75) is 0 Å². The van der Waals surface area contributed by atoms with E-state index in [-0.39, 0.29) is 6.79 Å². The SMILES string of the molecule is [O]OCOCOO. The summed E-state index contributed by atoms with van der Waals surface area (Å²) >= 11 is 0. The van der Waals surface area contributed by atoms with Crippen molar-refractivity contribution in [2.75, 3.05) is 13.6 Å². The van der Waals surface area contributed by atoms with E-state index in [1.807, 2.05) is 0 Å². The Labute approximate surface area is 39.9 Å². The van der Waals surface area contributed by atoms with Crippen LogP contribution in [0.2, 0.25) is 0 Å². The van der Waals surface area contributed by atoms with Crippen LogP contribution in [0.1, 0.15) is 0 Å². The summed E-state index contributed by atoms with van der Waals surface area (Å²) in [4.78, 5) is 6.58. The molecule has 0 aromatic heterocycles. The molecule has 1 radical (unpaired) electrons. The highest BCUT2D eigenvalue weighted by Crippen LogP contribution is 1.72. The molecule has 1 N–H and O–H groups in total. The fourth-order valence-corrected chi connectivity index (χ4v) is 0.105. The lowest BCUT2D eigenvalue weighted by atomic mass is 11.4. The van der Waals surface area contributed by atoms with Crippen molar-refractivity contribution >= 4 is 0 Å². The zero-order chi connectivity index (χ0) is 5.54. The molecular formula is C2H5O5. The quantitative estimate of drug-likeness (QED) is 0.234. The molecule has 0 rings (SSSR count). The van der Waals surface area contributed by atoms with Crippen molar-refractivity contribution in [1.82, 2.24) is 0 Å². The largest absolute Gasteiger partial charge is 0.323 e. The van der Waals surface area contributed by atoms with Crippen LogP contribution in [0.25, 0.3) is 0 Å². The third kappa shape index (κ3) is 5.80. The van der Waals surface area contributed by atoms with E-state index in [1.165, 1.54) is 0 Å². The van der Waals surface area contributed by atoms with E-state index in [0.717, 1.165) is 0 Å². The van der Waals surface area contributed by atoms with E-state index in [9.17, 15) is 0 Å². The molecule has 0 amide bonds. The van der Waals surface area contributed by atoms with Crippen LogP contribution in [0.5, 0.6) is 0 Å². The molecule has 0 saturated heterocycles. The van der Waals surface area contributed by atoms with Crippen LogP contribution in [0, 0.1) is 0 Å². The Morgan fingerprint density at radius 3 is 2.57 bits per heavy atom. The van der Waals surface area contributed by atoms with E-state index < -0.39 is 6.79 Å². The highest BCUT2D eigenvalue weighted by Gasteiger charge is 1.81. The predicted octanol–water partition coefficient (Wildman–Crippen LogP) is -0.230. The molecule has 0 spiro atoms. The van der Waals surface area contributed by atoms with Gasteiger partial charge in [0.05, 0.1) is 0 Å². The first-order valence-corrected chi connectivity index (χ1v) is 1.50. The molecule has 0 aromatic carbocycles. The first-order chi connectivity index (χ1) is 3.41. The summed E-state index contributed by atoms with van der Waals surface area (Å²) in [5.41, 5.74) is 0. The lowest BCUT2D eigenvalue weighted by Crippen LogP contribution is -1.98. The van der Waals surface area contributed by atoms with Crippen molar-refractivity contribution in [3.05, 3.63) is 0 Å². The Hall–Kier alpha value is -0.200. The number of hydrogen-bond acceptors (Lipinski definition) is 4. The minimum atomic E-state index is -0.416. The molecule has 0 aliphatic rings. The summed E-state index contributed by atoms with van der Waals surface area (Å²) in [6.45, 7) is -0.761. The van der Waals surface area contributed by atoms with Gasteiger partial charge >= 0.3 is 0 Å². The maximum absolute atomic E-state index is 9.04. The van der Waals surface area contributed by atoms with Crippen LogP contribution in [-0.4, -0.2) is 18.8 Å². The predicted molar refractivity (Wildman–Crippen MR) is 16.3 cm³/mol. The van der Waals surface area contributed by atoms with Gasteiger partial charge in [0.2, 0.25) is 0 Å². The molecule has 0 aliphatic carbocycles. The maximum atomic E-state index is 9.04. The highest BCUT2D eigenvalue weighted by atomic mass is 17.2. The average Bonchev–Trinajstić information content (AvgIpc) is 1.69. The van der Waals surface area contributed by atoms with Crippen LogP contribution in [0.3, 0.4) is 0 Å². The van der Waals surface area contributed by atoms with E-state index in [1.54, 1.807) is 0 Å². The Balaban J connectivity index is 2.45. The third-order valence-electron chi connectivity index (χ3n) is 0.267. The monoisotopic (exact) mass is 109 g/mol. The zero-order valence-electron chi connectivity index (χ0n) is 3.49. The van der Waals surface area contributed by atoms with Crippen LogP contribution in [-0.2, 0) is 19.8 Å². The van der Waals surface area contributed by atoms with Gasteiger partial charge in [0.25, 0.3) is 0 Å². The van der Waals surface area contributed by atoms with Gasteiger partial charge < -0.3 is 4.74 Å². The summed E-state index contributed by atoms with van der Waals surface area (Å²) < 4.78 is 4.12. The molecule has 5 heteroatoms. The molecule has 0 bridgehead atoms. The molecule has 0 heterocycles. The van der Waals surface area contributed by atoms with Gasteiger partial charge in [-0.2, -0.15) is 4.89 Å². The second-order valence-electron chi connectivity index (χ2n) is 0.687. The minimum Gasteiger partial charge on any atom is -0.323 e. The Morgan fingerprint density at radius 1 is 1.43 bits per heavy atom. The average molecular weight is 109 g/mol. The fraction of sp³-hybridized carbons (Fsp3) is 1.00. The van der Waals surface area contributed by atoms with Gasteiger partial charge in [0, 0.05) is 0 Å². The lowest BCUT2D eigenvalue weighted by molar-refractivity contribution is -0.378. The van der Waals surface area contributed by atoms with Crippen molar-refractivity contribution in [2.24, 2.45) is 0 Å². The molecule has 0 fully saturated rings. The summed E-state index contributed by atoms with van der Waals surface area (Å²) in [5.74, 6) is 0. The van der Waals surface area contributed by atoms with E-state index >= 15 is 0 Å². The molecule has 0 atom stereocenters. The van der Waals surface area contributed by atoms with Crippen LogP contribution in [0.4, 0.5) is 0 Å². The first kappa shape index (κ1) is 6.80. The van der Waals surface area contributed by atoms with E-state index in [2.05, 4.69) is 14.5 Å². The van der Waals surface area contributed by atoms with Crippen molar-refractivity contribution < 1.29 is 25.0 Å². The number of hydrogen-bond donors (Lipinski definition) is 1. The molecule has 0 unspecified atom stereocenters. The van der Waals surface area contributed by atoms with Gasteiger partial charge in [-0.3, -0.25) is 0 Å². The topological polar surface area (TPSA) is 67.8 Å². The Bertz CT molecular complexity index is 25.3. The van der Waals surface area contributed by atoms with Crippen molar-refractivity contribution in [1.29, 1.82) is 0 Å². The second-order valence-corrected chi connectivity index (χ2v) is 0.687. The fourth-order valence-electron chi connectivity index (χ4n) is 0.105. The molecule has 5 nitrogen and oxygen atoms in total. The van der Waals surface area contributed by atoms with Crippen LogP contribution < -0.4 is 0 Å². The van der Waals surface area contributed by atoms with Gasteiger partial charge in [0.15, 0.2) is 13.6 Å². The maximum Gasteiger partial charge on any atom is 0.187 e. The van der Waals surface area contributed by atoms with Gasteiger partial charge in [-0.05, 0) is 5.26 Å². The lowest BCUT2D eigenvalue weighted by Gasteiger charge is -1.92. The normalized spacial score (nSPS) is 9.43. The molecule has 0 saturated carbocycles. The standard InChI is InChI=1S/C2H5O5/c3-6-1-5-2-7-4/h3H,1-2H2. The summed E-state index contributed by atoms with van der Waals surface area (Å²) in [7, 11) is 0. The summed E-state index contributed by atoms with van der Waals surface area (Å²) in [6.07, 6.45) is 0. The molecular weight excluding hydrogens is 104 g/mol. The Kier molecular flexibility index (Phi) is 5.63. The molecule has 0 aromatic rings. The Morgan fingerprint density at radius 2 is 2.14 bits per heavy atom. The smallest absolute Gasteiger partial charge is 0.187 e. The van der Waals surface area contributed by atoms with Gasteiger partial charge in [-0.15, -0.1) is 0 Å². The van der Waals surface area contributed by atoms with E-state index in [4.69, 9.17) is 10.5 Å². The first-order valence-electron chi connectivity index (χ1n) is 1.50. The van der Waals surface area contributed by atoms with Crippen LogP contribution in [0.15, 0.2) is 0 Å². The van der Waals surface area contributed by atoms with Gasteiger partial charge in [-0.1, -0.05) is 0 Å². The molecule has 43 valence electrons. The zero-order valence-corrected chi connectivity index (χ0v) is 3.49. The van der Waals surface area contributed by atoms with Gasteiger partial charge in [-0.25, -0.2) is 10.1 Å². The molecule has 7 heavy (non-hydrogen) atoms. The highest BCUT2D eigenvalue weighted by molar-refractivity contribution is 3.88. The second kappa shape index (κ2) is 5.80. The van der Waals surface area contributed by atoms with E-state index in [0.29, 0.717) is 0 Å². The van der Waals surface area contributed by atoms with Gasteiger partial charge in [0.1, 0.15) is 0 Å². The molecule has 0 aliphatic heterocycles. The summed E-state index contributed by atoms with van der Waals surface area (Å²) in [6, 6.07) is 0. The number of rotatable bonds is 4. The summed E-state index contributed by atoms with van der Waals surface area (Å²) in [5, 5.41) is 16.6. The van der Waals surface area contributed by atoms with Crippen molar-refractivity contribution in [3.63, 3.8) is 0 Å². The minimum absolute atomic E-state index is 0.345. The third-order valence-corrected chi connectivity index (χ3v) is 0.267. The number of ether oxygens (including phenoxy) is 1. The van der Waals surface area contributed by atoms with Crippen LogP contribution >= 0.6 is 0 Å².